The zero-order valence-corrected chi connectivity index (χ0v) is 17.0. The predicted octanol–water partition coefficient (Wildman–Crippen LogP) is 4.86. The van der Waals surface area contributed by atoms with Crippen molar-refractivity contribution in [3.8, 4) is 17.0 Å². The first-order chi connectivity index (χ1) is 14.0. The van der Waals surface area contributed by atoms with Crippen LogP contribution >= 0.6 is 11.6 Å². The maximum atomic E-state index is 13.1. The van der Waals surface area contributed by atoms with Gasteiger partial charge >= 0.3 is 0 Å². The molecule has 0 aliphatic heterocycles. The van der Waals surface area contributed by atoms with Crippen molar-refractivity contribution in [3.05, 3.63) is 70.9 Å². The number of nitrogens with one attached hydrogen (secondary N) is 1. The molecule has 0 aliphatic rings. The van der Waals surface area contributed by atoms with Crippen LogP contribution in [-0.4, -0.2) is 27.8 Å². The normalized spacial score (nSPS) is 10.9. The van der Waals surface area contributed by atoms with Crippen LogP contribution in [0, 0.1) is 6.92 Å². The second kappa shape index (κ2) is 7.56. The number of rotatable bonds is 4. The maximum absolute atomic E-state index is 13.1. The third kappa shape index (κ3) is 3.67. The van der Waals surface area contributed by atoms with Crippen molar-refractivity contribution in [2.45, 2.75) is 6.92 Å². The van der Waals surface area contributed by atoms with Crippen LogP contribution in [0.15, 0.2) is 54.6 Å². The molecule has 4 aromatic rings. The molecule has 4 rings (SSSR count). The molecule has 0 aliphatic carbocycles. The number of amides is 1. The van der Waals surface area contributed by atoms with Gasteiger partial charge in [-0.15, -0.1) is 0 Å². The smallest absolute Gasteiger partial charge is 0.256 e. The molecule has 1 amide bonds. The molecule has 29 heavy (non-hydrogen) atoms. The van der Waals surface area contributed by atoms with Crippen molar-refractivity contribution in [1.29, 1.82) is 0 Å². The van der Waals surface area contributed by atoms with E-state index in [9.17, 15) is 4.79 Å². The number of ether oxygens (including phenoxy) is 1. The van der Waals surface area contributed by atoms with E-state index in [-0.39, 0.29) is 5.91 Å². The van der Waals surface area contributed by atoms with Crippen LogP contribution < -0.4 is 10.1 Å². The van der Waals surface area contributed by atoms with Gasteiger partial charge in [0.1, 0.15) is 5.75 Å². The van der Waals surface area contributed by atoms with Gasteiger partial charge in [0.25, 0.3) is 5.91 Å². The number of halogens is 1. The molecule has 2 aromatic heterocycles. The van der Waals surface area contributed by atoms with Gasteiger partial charge in [-0.2, -0.15) is 5.10 Å². The van der Waals surface area contributed by atoms with Gasteiger partial charge in [0.2, 0.25) is 0 Å². The number of fused-ring (bicyclic) bond motifs is 1. The van der Waals surface area contributed by atoms with Crippen LogP contribution in [0.1, 0.15) is 16.1 Å². The number of aromatic nitrogens is 3. The van der Waals surface area contributed by atoms with Crippen LogP contribution in [-0.2, 0) is 7.05 Å². The lowest BCUT2D eigenvalue weighted by Crippen LogP contribution is -2.13. The van der Waals surface area contributed by atoms with E-state index in [0.717, 1.165) is 22.4 Å². The first kappa shape index (κ1) is 19.0. The molecule has 2 aromatic carbocycles. The minimum Gasteiger partial charge on any atom is -0.497 e. The van der Waals surface area contributed by atoms with Gasteiger partial charge < -0.3 is 10.1 Å². The average Bonchev–Trinajstić information content (AvgIpc) is 3.02. The minimum atomic E-state index is -0.236. The van der Waals surface area contributed by atoms with Crippen molar-refractivity contribution in [2.24, 2.45) is 7.05 Å². The monoisotopic (exact) mass is 406 g/mol. The Bertz CT molecular complexity index is 1220. The lowest BCUT2D eigenvalue weighted by molar-refractivity contribution is 0.102. The molecule has 0 spiro atoms. The van der Waals surface area contributed by atoms with Crippen LogP contribution in [0.3, 0.4) is 0 Å². The number of nitrogens with zero attached hydrogens (tertiary/aromatic N) is 3. The molecular weight excluding hydrogens is 388 g/mol. The van der Waals surface area contributed by atoms with E-state index in [1.54, 1.807) is 42.1 Å². The van der Waals surface area contributed by atoms with Crippen LogP contribution in [0.25, 0.3) is 22.3 Å². The van der Waals surface area contributed by atoms with Crippen molar-refractivity contribution < 1.29 is 9.53 Å². The first-order valence-electron chi connectivity index (χ1n) is 9.02. The summed E-state index contributed by atoms with van der Waals surface area (Å²) in [4.78, 5) is 17.9. The number of carbonyl (C=O) groups is 1. The number of benzene rings is 2. The van der Waals surface area contributed by atoms with Gasteiger partial charge in [-0.3, -0.25) is 9.48 Å². The van der Waals surface area contributed by atoms with E-state index in [2.05, 4.69) is 10.4 Å². The summed E-state index contributed by atoms with van der Waals surface area (Å²) in [7, 11) is 3.43. The topological polar surface area (TPSA) is 69.0 Å². The van der Waals surface area contributed by atoms with E-state index >= 15 is 0 Å². The number of anilines is 1. The van der Waals surface area contributed by atoms with E-state index < -0.39 is 0 Å². The van der Waals surface area contributed by atoms with Crippen LogP contribution in [0.4, 0.5) is 5.69 Å². The molecule has 0 saturated carbocycles. The van der Waals surface area contributed by atoms with Gasteiger partial charge in [-0.25, -0.2) is 4.98 Å². The third-order valence-electron chi connectivity index (χ3n) is 4.68. The number of hydrogen-bond acceptors (Lipinski definition) is 4. The van der Waals surface area contributed by atoms with Gasteiger partial charge in [0, 0.05) is 23.3 Å². The molecule has 2 heterocycles. The molecule has 0 bridgehead atoms. The summed E-state index contributed by atoms with van der Waals surface area (Å²) < 4.78 is 7.01. The largest absolute Gasteiger partial charge is 0.497 e. The summed E-state index contributed by atoms with van der Waals surface area (Å²) in [5, 5.41) is 8.72. The number of methoxy groups -OCH3 is 1. The Morgan fingerprint density at radius 2 is 1.90 bits per heavy atom. The number of pyridine rings is 1. The third-order valence-corrected chi connectivity index (χ3v) is 4.93. The lowest BCUT2D eigenvalue weighted by Gasteiger charge is -2.10. The van der Waals surface area contributed by atoms with Crippen LogP contribution in [0.5, 0.6) is 5.75 Å². The van der Waals surface area contributed by atoms with Crippen molar-refractivity contribution in [3.63, 3.8) is 0 Å². The molecule has 1 N–H and O–H groups in total. The highest BCUT2D eigenvalue weighted by Crippen LogP contribution is 2.29. The van der Waals surface area contributed by atoms with Crippen molar-refractivity contribution in [1.82, 2.24) is 14.8 Å². The molecule has 0 atom stereocenters. The average molecular weight is 407 g/mol. The van der Waals surface area contributed by atoms with E-state index in [1.807, 2.05) is 38.2 Å². The van der Waals surface area contributed by atoms with Gasteiger partial charge in [-0.05, 0) is 49.4 Å². The fraction of sp³-hybridized carbons (Fsp3) is 0.136. The minimum absolute atomic E-state index is 0.236. The Kier molecular flexibility index (Phi) is 4.94. The molecule has 0 unspecified atom stereocenters. The Hall–Kier alpha value is -3.38. The highest BCUT2D eigenvalue weighted by atomic mass is 35.5. The van der Waals surface area contributed by atoms with Crippen molar-refractivity contribution >= 4 is 34.2 Å². The SMILES string of the molecule is COc1cccc(-c2cc(C(=O)Nc3ccc(Cl)cc3)c3c(C)nn(C)c3n2)c1. The number of aryl methyl sites for hydroxylation is 2. The van der Waals surface area contributed by atoms with E-state index in [1.165, 1.54) is 0 Å². The van der Waals surface area contributed by atoms with E-state index in [0.29, 0.717) is 27.6 Å². The Morgan fingerprint density at radius 1 is 1.14 bits per heavy atom. The molecule has 7 heteroatoms. The Balaban J connectivity index is 1.84. The lowest BCUT2D eigenvalue weighted by atomic mass is 10.0. The second-order valence-corrected chi connectivity index (χ2v) is 7.09. The standard InChI is InChI=1S/C22H19ClN4O2/c1-13-20-18(22(28)24-16-9-7-15(23)8-10-16)12-19(25-21(20)27(2)26-13)14-5-4-6-17(11-14)29-3/h4-12H,1-3H3,(H,24,28). The highest BCUT2D eigenvalue weighted by Gasteiger charge is 2.19. The molecular formula is C22H19ClN4O2. The summed E-state index contributed by atoms with van der Waals surface area (Å²) in [5.41, 5.74) is 4.08. The summed E-state index contributed by atoms with van der Waals surface area (Å²) in [6.07, 6.45) is 0. The first-order valence-corrected chi connectivity index (χ1v) is 9.40. The quantitative estimate of drug-likeness (QED) is 0.525. The van der Waals surface area contributed by atoms with E-state index in [4.69, 9.17) is 21.3 Å². The molecule has 0 radical (unpaired) electrons. The summed E-state index contributed by atoms with van der Waals surface area (Å²) >= 11 is 5.94. The second-order valence-electron chi connectivity index (χ2n) is 6.66. The zero-order valence-electron chi connectivity index (χ0n) is 16.2. The summed E-state index contributed by atoms with van der Waals surface area (Å²) in [6.45, 7) is 1.87. The molecule has 0 saturated heterocycles. The number of carbonyl (C=O) groups excluding carboxylic acids is 1. The van der Waals surface area contributed by atoms with Crippen molar-refractivity contribution in [2.75, 3.05) is 12.4 Å². The summed E-state index contributed by atoms with van der Waals surface area (Å²) in [6, 6.07) is 16.4. The van der Waals surface area contributed by atoms with Crippen LogP contribution in [0.2, 0.25) is 5.02 Å². The fourth-order valence-corrected chi connectivity index (χ4v) is 3.41. The molecule has 146 valence electrons. The Morgan fingerprint density at radius 3 is 2.62 bits per heavy atom. The zero-order chi connectivity index (χ0) is 20.5. The number of hydrogen-bond donors (Lipinski definition) is 1. The van der Waals surface area contributed by atoms with Gasteiger partial charge in [0.15, 0.2) is 5.65 Å². The Labute approximate surface area is 173 Å². The maximum Gasteiger partial charge on any atom is 0.256 e. The van der Waals surface area contributed by atoms with Gasteiger partial charge in [0.05, 0.1) is 29.4 Å². The predicted molar refractivity (Wildman–Crippen MR) is 115 cm³/mol. The summed E-state index contributed by atoms with van der Waals surface area (Å²) in [5.74, 6) is 0.484. The molecule has 6 nitrogen and oxygen atoms in total. The highest BCUT2D eigenvalue weighted by molar-refractivity contribution is 6.30. The molecule has 0 fully saturated rings. The van der Waals surface area contributed by atoms with Gasteiger partial charge in [-0.1, -0.05) is 23.7 Å². The fourth-order valence-electron chi connectivity index (χ4n) is 3.29.